The number of hydrogen-bond donors (Lipinski definition) is 2. The molecule has 2 aliphatic rings. The van der Waals surface area contributed by atoms with Gasteiger partial charge in [-0.3, -0.25) is 14.7 Å². The summed E-state index contributed by atoms with van der Waals surface area (Å²) in [6.07, 6.45) is 6.01. The fourth-order valence-corrected chi connectivity index (χ4v) is 4.45. The number of aromatic nitrogens is 3. The molecule has 1 aromatic heterocycles. The molecule has 0 spiro atoms. The fourth-order valence-electron chi connectivity index (χ4n) is 4.45. The van der Waals surface area contributed by atoms with Gasteiger partial charge in [-0.2, -0.15) is 5.10 Å². The van der Waals surface area contributed by atoms with Crippen molar-refractivity contribution < 1.29 is 9.59 Å². The van der Waals surface area contributed by atoms with Gasteiger partial charge in [0.2, 0.25) is 11.8 Å². The van der Waals surface area contributed by atoms with E-state index >= 15 is 0 Å². The highest BCUT2D eigenvalue weighted by Gasteiger charge is 2.40. The fraction of sp³-hybridized carbons (Fsp3) is 0.524. The summed E-state index contributed by atoms with van der Waals surface area (Å²) in [7, 11) is 0. The first-order valence-corrected chi connectivity index (χ1v) is 10.2. The minimum absolute atomic E-state index is 0.0553. The Hall–Kier alpha value is -2.70. The number of rotatable bonds is 4. The maximum atomic E-state index is 13.2. The van der Waals surface area contributed by atoms with E-state index in [1.807, 2.05) is 35.2 Å². The second-order valence-electron chi connectivity index (χ2n) is 7.88. The Labute approximate surface area is 164 Å². The van der Waals surface area contributed by atoms with Crippen LogP contribution in [-0.2, 0) is 9.59 Å². The predicted octanol–water partition coefficient (Wildman–Crippen LogP) is 2.83. The summed E-state index contributed by atoms with van der Waals surface area (Å²) in [6, 6.07) is 9.55. The van der Waals surface area contributed by atoms with Crippen molar-refractivity contribution in [2.45, 2.75) is 57.5 Å². The SMILES string of the molecule is CC(=O)NC1CC(c2nc(-c3ccccc3)n[nH]2)N(C(=O)C2CCCCC2)C1. The lowest BCUT2D eigenvalue weighted by molar-refractivity contribution is -0.138. The molecule has 28 heavy (non-hydrogen) atoms. The summed E-state index contributed by atoms with van der Waals surface area (Å²) < 4.78 is 0. The summed E-state index contributed by atoms with van der Waals surface area (Å²) in [4.78, 5) is 31.4. The third-order valence-corrected chi connectivity index (χ3v) is 5.80. The van der Waals surface area contributed by atoms with Gasteiger partial charge in [0, 0.05) is 31.0 Å². The molecule has 1 saturated heterocycles. The van der Waals surface area contributed by atoms with Crippen LogP contribution in [0.4, 0.5) is 0 Å². The number of benzene rings is 1. The van der Waals surface area contributed by atoms with Gasteiger partial charge in [-0.05, 0) is 19.3 Å². The van der Waals surface area contributed by atoms with Crippen molar-refractivity contribution in [3.8, 4) is 11.4 Å². The Kier molecular flexibility index (Phi) is 5.41. The van der Waals surface area contributed by atoms with Crippen LogP contribution in [0.1, 0.15) is 57.3 Å². The van der Waals surface area contributed by atoms with Gasteiger partial charge in [0.25, 0.3) is 0 Å². The molecule has 0 bridgehead atoms. The van der Waals surface area contributed by atoms with Crippen LogP contribution in [0.2, 0.25) is 0 Å². The number of likely N-dealkylation sites (tertiary alicyclic amines) is 1. The molecule has 1 aromatic carbocycles. The predicted molar refractivity (Wildman–Crippen MR) is 105 cm³/mol. The van der Waals surface area contributed by atoms with Crippen LogP contribution in [0.25, 0.3) is 11.4 Å². The van der Waals surface area contributed by atoms with E-state index in [1.54, 1.807) is 0 Å². The Morgan fingerprint density at radius 3 is 2.61 bits per heavy atom. The van der Waals surface area contributed by atoms with Crippen LogP contribution in [0, 0.1) is 5.92 Å². The molecule has 2 N–H and O–H groups in total. The van der Waals surface area contributed by atoms with Crippen molar-refractivity contribution in [3.63, 3.8) is 0 Å². The zero-order chi connectivity index (χ0) is 19.5. The van der Waals surface area contributed by atoms with Gasteiger partial charge in [-0.25, -0.2) is 4.98 Å². The van der Waals surface area contributed by atoms with Crippen molar-refractivity contribution in [2.24, 2.45) is 5.92 Å². The molecule has 0 radical (unpaired) electrons. The van der Waals surface area contributed by atoms with Crippen LogP contribution >= 0.6 is 0 Å². The number of carbonyl (C=O) groups is 2. The van der Waals surface area contributed by atoms with Crippen LogP contribution in [-0.4, -0.2) is 44.5 Å². The third-order valence-electron chi connectivity index (χ3n) is 5.80. The molecule has 148 valence electrons. The molecule has 1 saturated carbocycles. The molecule has 2 unspecified atom stereocenters. The lowest BCUT2D eigenvalue weighted by atomic mass is 9.88. The van der Waals surface area contributed by atoms with Crippen LogP contribution < -0.4 is 5.32 Å². The second kappa shape index (κ2) is 8.12. The first-order chi connectivity index (χ1) is 13.6. The summed E-state index contributed by atoms with van der Waals surface area (Å²) in [6.45, 7) is 2.05. The third kappa shape index (κ3) is 3.93. The Balaban J connectivity index is 1.57. The molecule has 1 aliphatic carbocycles. The lowest BCUT2D eigenvalue weighted by Crippen LogP contribution is -2.40. The highest BCUT2D eigenvalue weighted by Crippen LogP contribution is 2.35. The summed E-state index contributed by atoms with van der Waals surface area (Å²) in [5, 5.41) is 10.4. The number of nitrogens with zero attached hydrogens (tertiary/aromatic N) is 3. The van der Waals surface area contributed by atoms with E-state index in [9.17, 15) is 9.59 Å². The summed E-state index contributed by atoms with van der Waals surface area (Å²) >= 11 is 0. The van der Waals surface area contributed by atoms with E-state index in [0.717, 1.165) is 31.2 Å². The minimum atomic E-state index is -0.184. The van der Waals surface area contributed by atoms with Gasteiger partial charge in [-0.15, -0.1) is 0 Å². The van der Waals surface area contributed by atoms with E-state index in [2.05, 4.69) is 20.5 Å². The number of hydrogen-bond acceptors (Lipinski definition) is 4. The Morgan fingerprint density at radius 2 is 1.89 bits per heavy atom. The average molecular weight is 381 g/mol. The number of carbonyl (C=O) groups excluding carboxylic acids is 2. The van der Waals surface area contributed by atoms with Gasteiger partial charge in [0.1, 0.15) is 5.82 Å². The highest BCUT2D eigenvalue weighted by molar-refractivity contribution is 5.80. The van der Waals surface area contributed by atoms with Crippen molar-refractivity contribution in [1.82, 2.24) is 25.4 Å². The number of aromatic amines is 1. The molecular weight excluding hydrogens is 354 g/mol. The number of H-pyrrole nitrogens is 1. The minimum Gasteiger partial charge on any atom is -0.352 e. The molecular formula is C21H27N5O2. The van der Waals surface area contributed by atoms with Crippen molar-refractivity contribution in [1.29, 1.82) is 0 Å². The topological polar surface area (TPSA) is 91.0 Å². The molecule has 2 aromatic rings. The molecule has 1 aliphatic heterocycles. The van der Waals surface area contributed by atoms with E-state index < -0.39 is 0 Å². The van der Waals surface area contributed by atoms with Crippen molar-refractivity contribution in [2.75, 3.05) is 6.54 Å². The molecule has 2 atom stereocenters. The molecule has 2 amide bonds. The molecule has 2 heterocycles. The molecule has 4 rings (SSSR count). The zero-order valence-corrected chi connectivity index (χ0v) is 16.2. The smallest absolute Gasteiger partial charge is 0.226 e. The van der Waals surface area contributed by atoms with E-state index in [4.69, 9.17) is 0 Å². The maximum absolute atomic E-state index is 13.2. The maximum Gasteiger partial charge on any atom is 0.226 e. The Bertz CT molecular complexity index is 828. The second-order valence-corrected chi connectivity index (χ2v) is 7.88. The van der Waals surface area contributed by atoms with E-state index in [1.165, 1.54) is 13.3 Å². The molecule has 7 nitrogen and oxygen atoms in total. The van der Waals surface area contributed by atoms with E-state index in [0.29, 0.717) is 24.6 Å². The summed E-state index contributed by atoms with van der Waals surface area (Å²) in [5.74, 6) is 1.52. The first kappa shape index (κ1) is 18.7. The van der Waals surface area contributed by atoms with Gasteiger partial charge in [0.15, 0.2) is 5.82 Å². The van der Waals surface area contributed by atoms with Crippen LogP contribution in [0.3, 0.4) is 0 Å². The monoisotopic (exact) mass is 381 g/mol. The highest BCUT2D eigenvalue weighted by atomic mass is 16.2. The van der Waals surface area contributed by atoms with Crippen molar-refractivity contribution >= 4 is 11.8 Å². The quantitative estimate of drug-likeness (QED) is 0.852. The van der Waals surface area contributed by atoms with Crippen LogP contribution in [0.5, 0.6) is 0 Å². The molecule has 7 heteroatoms. The molecule has 2 fully saturated rings. The Morgan fingerprint density at radius 1 is 1.14 bits per heavy atom. The van der Waals surface area contributed by atoms with Crippen molar-refractivity contribution in [3.05, 3.63) is 36.2 Å². The average Bonchev–Trinajstić information content (AvgIpc) is 3.35. The van der Waals surface area contributed by atoms with Gasteiger partial charge in [0.05, 0.1) is 6.04 Å². The van der Waals surface area contributed by atoms with Gasteiger partial charge >= 0.3 is 0 Å². The largest absolute Gasteiger partial charge is 0.352 e. The van der Waals surface area contributed by atoms with Crippen LogP contribution in [0.15, 0.2) is 30.3 Å². The van der Waals surface area contributed by atoms with E-state index in [-0.39, 0.29) is 29.8 Å². The zero-order valence-electron chi connectivity index (χ0n) is 16.2. The van der Waals surface area contributed by atoms with Gasteiger partial charge in [-0.1, -0.05) is 49.6 Å². The standard InChI is InChI=1S/C21H27N5O2/c1-14(27)22-17-12-18(26(13-17)21(28)16-10-6-3-7-11-16)20-23-19(24-25-20)15-8-4-2-5-9-15/h2,4-5,8-9,16-18H,3,6-7,10-13H2,1H3,(H,22,27)(H,23,24,25). The normalized spacial score (nSPS) is 23.0. The van der Waals surface area contributed by atoms with Gasteiger partial charge < -0.3 is 10.2 Å². The number of amides is 2. The number of nitrogens with one attached hydrogen (secondary N) is 2. The first-order valence-electron chi connectivity index (χ1n) is 10.2. The summed E-state index contributed by atoms with van der Waals surface area (Å²) in [5.41, 5.74) is 0.937. The lowest BCUT2D eigenvalue weighted by Gasteiger charge is -2.29.